The van der Waals surface area contributed by atoms with E-state index in [2.05, 4.69) is 52.0 Å². The number of anilines is 1. The summed E-state index contributed by atoms with van der Waals surface area (Å²) >= 11 is 3.52. The molecule has 0 N–H and O–H groups in total. The zero-order valence-corrected chi connectivity index (χ0v) is 11.0. The molecule has 0 spiro atoms. The van der Waals surface area contributed by atoms with E-state index in [1.807, 2.05) is 0 Å². The molecule has 0 fully saturated rings. The van der Waals surface area contributed by atoms with E-state index in [-0.39, 0.29) is 0 Å². The van der Waals surface area contributed by atoms with Crippen molar-refractivity contribution in [3.8, 4) is 0 Å². The van der Waals surface area contributed by atoms with Crippen molar-refractivity contribution in [1.82, 2.24) is 0 Å². The van der Waals surface area contributed by atoms with Crippen molar-refractivity contribution >= 4 is 21.6 Å². The van der Waals surface area contributed by atoms with Gasteiger partial charge >= 0.3 is 0 Å². The number of benzene rings is 1. The fourth-order valence-electron chi connectivity index (χ4n) is 1.58. The summed E-state index contributed by atoms with van der Waals surface area (Å²) in [7, 11) is 1.74. The van der Waals surface area contributed by atoms with Crippen LogP contribution in [-0.4, -0.2) is 26.8 Å². The Morgan fingerprint density at radius 1 is 1.33 bits per heavy atom. The Balaban J connectivity index is 2.80. The van der Waals surface area contributed by atoms with Crippen LogP contribution in [0.2, 0.25) is 0 Å². The fraction of sp³-hybridized carbons (Fsp3) is 0.500. The molecule has 0 radical (unpaired) electrons. The minimum Gasteiger partial charge on any atom is -0.383 e. The zero-order valence-electron chi connectivity index (χ0n) is 9.37. The molecule has 0 saturated heterocycles. The minimum absolute atomic E-state index is 0.768. The van der Waals surface area contributed by atoms with E-state index in [1.165, 1.54) is 11.3 Å². The SMILES string of the molecule is CCN(CCOC)c1ccccc1CBr. The highest BCUT2D eigenvalue weighted by molar-refractivity contribution is 9.08. The summed E-state index contributed by atoms with van der Waals surface area (Å²) in [6, 6.07) is 8.47. The quantitative estimate of drug-likeness (QED) is 0.738. The number of nitrogens with zero attached hydrogens (tertiary/aromatic N) is 1. The Morgan fingerprint density at radius 2 is 2.07 bits per heavy atom. The maximum absolute atomic E-state index is 5.12. The Morgan fingerprint density at radius 3 is 2.67 bits per heavy atom. The van der Waals surface area contributed by atoms with Gasteiger partial charge in [-0.05, 0) is 18.6 Å². The minimum atomic E-state index is 0.768. The summed E-state index contributed by atoms with van der Waals surface area (Å²) in [5.41, 5.74) is 2.63. The molecule has 0 atom stereocenters. The largest absolute Gasteiger partial charge is 0.383 e. The van der Waals surface area contributed by atoms with Crippen LogP contribution in [0.5, 0.6) is 0 Å². The molecule has 0 aliphatic carbocycles. The number of para-hydroxylation sites is 1. The monoisotopic (exact) mass is 271 g/mol. The summed E-state index contributed by atoms with van der Waals surface area (Å²) in [6.45, 7) is 4.88. The van der Waals surface area contributed by atoms with Gasteiger partial charge in [0, 0.05) is 31.2 Å². The molecule has 0 aliphatic rings. The maximum Gasteiger partial charge on any atom is 0.0637 e. The third-order valence-electron chi connectivity index (χ3n) is 2.42. The smallest absolute Gasteiger partial charge is 0.0637 e. The summed E-state index contributed by atoms with van der Waals surface area (Å²) in [5, 5.41) is 0.895. The normalized spacial score (nSPS) is 10.3. The number of methoxy groups -OCH3 is 1. The summed E-state index contributed by atoms with van der Waals surface area (Å²) in [6.07, 6.45) is 0. The van der Waals surface area contributed by atoms with Gasteiger partial charge in [-0.15, -0.1) is 0 Å². The zero-order chi connectivity index (χ0) is 11.1. The molecule has 0 bridgehead atoms. The molecule has 0 unspecified atom stereocenters. The van der Waals surface area contributed by atoms with Gasteiger partial charge in [-0.3, -0.25) is 0 Å². The molecule has 0 saturated carbocycles. The maximum atomic E-state index is 5.12. The van der Waals surface area contributed by atoms with Crippen LogP contribution in [0.4, 0.5) is 5.69 Å². The number of likely N-dealkylation sites (N-methyl/N-ethyl adjacent to an activating group) is 1. The Kier molecular flexibility index (Phi) is 5.73. The van der Waals surface area contributed by atoms with Gasteiger partial charge in [-0.1, -0.05) is 34.1 Å². The predicted molar refractivity (Wildman–Crippen MR) is 68.8 cm³/mol. The molecule has 15 heavy (non-hydrogen) atoms. The van der Waals surface area contributed by atoms with Crippen LogP contribution in [0.3, 0.4) is 0 Å². The van der Waals surface area contributed by atoms with E-state index in [4.69, 9.17) is 4.74 Å². The molecule has 3 heteroatoms. The lowest BCUT2D eigenvalue weighted by molar-refractivity contribution is 0.205. The molecule has 0 aromatic heterocycles. The molecule has 0 amide bonds. The Labute approximate surface area is 100 Å². The van der Waals surface area contributed by atoms with Gasteiger partial charge in [0.25, 0.3) is 0 Å². The van der Waals surface area contributed by atoms with Gasteiger partial charge in [0.1, 0.15) is 0 Å². The van der Waals surface area contributed by atoms with E-state index in [9.17, 15) is 0 Å². The van der Waals surface area contributed by atoms with Crippen LogP contribution >= 0.6 is 15.9 Å². The lowest BCUT2D eigenvalue weighted by Crippen LogP contribution is -2.27. The second-order valence-electron chi connectivity index (χ2n) is 3.33. The van der Waals surface area contributed by atoms with Crippen molar-refractivity contribution in [3.05, 3.63) is 29.8 Å². The number of ether oxygens (including phenoxy) is 1. The van der Waals surface area contributed by atoms with E-state index in [0.29, 0.717) is 0 Å². The first-order chi connectivity index (χ1) is 7.33. The fourth-order valence-corrected chi connectivity index (χ4v) is 2.06. The van der Waals surface area contributed by atoms with Gasteiger partial charge in [0.05, 0.1) is 6.61 Å². The summed E-state index contributed by atoms with van der Waals surface area (Å²) in [5.74, 6) is 0. The summed E-state index contributed by atoms with van der Waals surface area (Å²) < 4.78 is 5.12. The third kappa shape index (κ3) is 3.50. The van der Waals surface area contributed by atoms with Crippen LogP contribution in [0.1, 0.15) is 12.5 Å². The van der Waals surface area contributed by atoms with Crippen molar-refractivity contribution in [3.63, 3.8) is 0 Å². The highest BCUT2D eigenvalue weighted by Gasteiger charge is 2.07. The first-order valence-corrected chi connectivity index (χ1v) is 6.33. The van der Waals surface area contributed by atoms with Crippen LogP contribution < -0.4 is 4.90 Å². The second-order valence-corrected chi connectivity index (χ2v) is 3.90. The van der Waals surface area contributed by atoms with Gasteiger partial charge < -0.3 is 9.64 Å². The molecule has 0 aliphatic heterocycles. The van der Waals surface area contributed by atoms with Crippen LogP contribution in [0.25, 0.3) is 0 Å². The Hall–Kier alpha value is -0.540. The average molecular weight is 272 g/mol. The third-order valence-corrected chi connectivity index (χ3v) is 3.03. The Bertz CT molecular complexity index is 291. The van der Waals surface area contributed by atoms with Crippen molar-refractivity contribution < 1.29 is 4.74 Å². The topological polar surface area (TPSA) is 12.5 Å². The van der Waals surface area contributed by atoms with Crippen LogP contribution in [0, 0.1) is 0 Å². The lowest BCUT2D eigenvalue weighted by Gasteiger charge is -2.24. The van der Waals surface area contributed by atoms with E-state index in [1.54, 1.807) is 7.11 Å². The van der Waals surface area contributed by atoms with Crippen molar-refractivity contribution in [2.75, 3.05) is 31.7 Å². The van der Waals surface area contributed by atoms with Gasteiger partial charge in [-0.25, -0.2) is 0 Å². The number of hydrogen-bond donors (Lipinski definition) is 0. The van der Waals surface area contributed by atoms with E-state index >= 15 is 0 Å². The second kappa shape index (κ2) is 6.85. The molecule has 0 heterocycles. The molecular formula is C12H18BrNO. The first-order valence-electron chi connectivity index (χ1n) is 5.21. The van der Waals surface area contributed by atoms with E-state index < -0.39 is 0 Å². The standard InChI is InChI=1S/C12H18BrNO/c1-3-14(8-9-15-2)12-7-5-4-6-11(12)10-13/h4-7H,3,8-10H2,1-2H3. The van der Waals surface area contributed by atoms with Crippen molar-refractivity contribution in [2.45, 2.75) is 12.3 Å². The van der Waals surface area contributed by atoms with Crippen LogP contribution in [-0.2, 0) is 10.1 Å². The molecule has 1 aromatic rings. The molecule has 1 rings (SSSR count). The lowest BCUT2D eigenvalue weighted by atomic mass is 10.2. The van der Waals surface area contributed by atoms with Crippen molar-refractivity contribution in [2.24, 2.45) is 0 Å². The molecule has 2 nitrogen and oxygen atoms in total. The number of hydrogen-bond acceptors (Lipinski definition) is 2. The molecular weight excluding hydrogens is 254 g/mol. The highest BCUT2D eigenvalue weighted by atomic mass is 79.9. The first kappa shape index (κ1) is 12.5. The molecule has 84 valence electrons. The van der Waals surface area contributed by atoms with Crippen LogP contribution in [0.15, 0.2) is 24.3 Å². The average Bonchev–Trinajstić information content (AvgIpc) is 2.30. The molecule has 1 aromatic carbocycles. The van der Waals surface area contributed by atoms with Gasteiger partial charge in [-0.2, -0.15) is 0 Å². The highest BCUT2D eigenvalue weighted by Crippen LogP contribution is 2.22. The van der Waals surface area contributed by atoms with Crippen molar-refractivity contribution in [1.29, 1.82) is 0 Å². The van der Waals surface area contributed by atoms with Gasteiger partial charge in [0.2, 0.25) is 0 Å². The van der Waals surface area contributed by atoms with E-state index in [0.717, 1.165) is 25.0 Å². The number of alkyl halides is 1. The van der Waals surface area contributed by atoms with Gasteiger partial charge in [0.15, 0.2) is 0 Å². The number of halogens is 1. The predicted octanol–water partition coefficient (Wildman–Crippen LogP) is 3.05. The summed E-state index contributed by atoms with van der Waals surface area (Å²) in [4.78, 5) is 2.33. The number of rotatable bonds is 6.